The lowest BCUT2D eigenvalue weighted by Crippen LogP contribution is -2.15. The molecule has 27 heavy (non-hydrogen) atoms. The van der Waals surface area contributed by atoms with E-state index in [4.69, 9.17) is 10.5 Å². The van der Waals surface area contributed by atoms with E-state index >= 15 is 0 Å². The highest BCUT2D eigenvalue weighted by Crippen LogP contribution is 2.24. The van der Waals surface area contributed by atoms with E-state index in [-0.39, 0.29) is 17.3 Å². The Labute approximate surface area is 156 Å². The first kappa shape index (κ1) is 18.1. The summed E-state index contributed by atoms with van der Waals surface area (Å²) in [6.07, 6.45) is 4.71. The van der Waals surface area contributed by atoms with E-state index < -0.39 is 5.97 Å². The van der Waals surface area contributed by atoms with Gasteiger partial charge in [0, 0.05) is 29.8 Å². The molecule has 0 saturated carbocycles. The van der Waals surface area contributed by atoms with Crippen LogP contribution in [0.15, 0.2) is 61.1 Å². The highest BCUT2D eigenvalue weighted by Gasteiger charge is 2.14. The number of anilines is 2. The average Bonchev–Trinajstić information content (AvgIpc) is 2.69. The molecule has 0 bridgehead atoms. The van der Waals surface area contributed by atoms with Crippen molar-refractivity contribution in [2.24, 2.45) is 0 Å². The molecular formula is C20H18N4O3. The molecule has 7 heteroatoms. The number of rotatable bonds is 5. The molecule has 1 amide bonds. The van der Waals surface area contributed by atoms with Crippen molar-refractivity contribution < 1.29 is 14.3 Å². The average molecular weight is 362 g/mol. The molecule has 0 radical (unpaired) electrons. The van der Waals surface area contributed by atoms with Gasteiger partial charge in [0.1, 0.15) is 5.82 Å². The van der Waals surface area contributed by atoms with Gasteiger partial charge < -0.3 is 15.8 Å². The second kappa shape index (κ2) is 8.09. The van der Waals surface area contributed by atoms with Crippen molar-refractivity contribution in [3.63, 3.8) is 0 Å². The standard InChI is InChI=1S/C20H18N4O3/c1-2-27-20(26)14-5-3-4-13(10-14)15-11-17(18(21)23-12-15)19(25)24-16-6-8-22-9-7-16/h3-12H,2H2,1H3,(H2,21,23)(H,22,24,25). The van der Waals surface area contributed by atoms with Gasteiger partial charge in [-0.25, -0.2) is 9.78 Å². The van der Waals surface area contributed by atoms with Gasteiger partial charge in [-0.15, -0.1) is 0 Å². The van der Waals surface area contributed by atoms with Gasteiger partial charge in [-0.1, -0.05) is 12.1 Å². The molecule has 136 valence electrons. The van der Waals surface area contributed by atoms with Crippen molar-refractivity contribution in [1.82, 2.24) is 9.97 Å². The summed E-state index contributed by atoms with van der Waals surface area (Å²) in [4.78, 5) is 32.5. The molecule has 1 aromatic carbocycles. The molecule has 3 rings (SSSR count). The Kier molecular flexibility index (Phi) is 5.41. The number of ether oxygens (including phenoxy) is 1. The first-order valence-corrected chi connectivity index (χ1v) is 8.33. The molecule has 0 saturated heterocycles. The first-order chi connectivity index (χ1) is 13.1. The fourth-order valence-corrected chi connectivity index (χ4v) is 2.49. The molecule has 0 atom stereocenters. The highest BCUT2D eigenvalue weighted by molar-refractivity contribution is 6.07. The Morgan fingerprint density at radius 1 is 1.11 bits per heavy atom. The summed E-state index contributed by atoms with van der Waals surface area (Å²) in [7, 11) is 0. The number of nitrogens with zero attached hydrogens (tertiary/aromatic N) is 2. The van der Waals surface area contributed by atoms with Crippen molar-refractivity contribution in [3.05, 3.63) is 72.2 Å². The number of carbonyl (C=O) groups is 2. The summed E-state index contributed by atoms with van der Waals surface area (Å²) in [5, 5.41) is 2.75. The van der Waals surface area contributed by atoms with Crippen LogP contribution in [0.25, 0.3) is 11.1 Å². The number of esters is 1. The number of pyridine rings is 2. The number of nitrogens with two attached hydrogens (primary N) is 1. The molecule has 0 aliphatic rings. The largest absolute Gasteiger partial charge is 0.462 e. The maximum atomic E-state index is 12.6. The Morgan fingerprint density at radius 2 is 1.89 bits per heavy atom. The van der Waals surface area contributed by atoms with E-state index in [0.717, 1.165) is 5.56 Å². The molecule has 0 aliphatic heterocycles. The highest BCUT2D eigenvalue weighted by atomic mass is 16.5. The van der Waals surface area contributed by atoms with E-state index in [1.54, 1.807) is 61.9 Å². The van der Waals surface area contributed by atoms with Crippen LogP contribution in [-0.2, 0) is 4.74 Å². The smallest absolute Gasteiger partial charge is 0.338 e. The van der Waals surface area contributed by atoms with E-state index in [1.807, 2.05) is 6.07 Å². The number of nitrogen functional groups attached to an aromatic ring is 1. The monoisotopic (exact) mass is 362 g/mol. The molecule has 3 aromatic rings. The van der Waals surface area contributed by atoms with Gasteiger partial charge >= 0.3 is 5.97 Å². The van der Waals surface area contributed by atoms with Crippen LogP contribution in [0.1, 0.15) is 27.6 Å². The molecule has 0 fully saturated rings. The molecule has 7 nitrogen and oxygen atoms in total. The first-order valence-electron chi connectivity index (χ1n) is 8.33. The van der Waals surface area contributed by atoms with Crippen molar-refractivity contribution >= 4 is 23.4 Å². The lowest BCUT2D eigenvalue weighted by molar-refractivity contribution is 0.0526. The van der Waals surface area contributed by atoms with Gasteiger partial charge in [0.05, 0.1) is 17.7 Å². The molecular weight excluding hydrogens is 344 g/mol. The van der Waals surface area contributed by atoms with E-state index in [1.165, 1.54) is 0 Å². The lowest BCUT2D eigenvalue weighted by Gasteiger charge is -2.10. The zero-order valence-electron chi connectivity index (χ0n) is 14.7. The van der Waals surface area contributed by atoms with Gasteiger partial charge in [0.15, 0.2) is 0 Å². The Hall–Kier alpha value is -3.74. The maximum absolute atomic E-state index is 12.6. The summed E-state index contributed by atoms with van der Waals surface area (Å²) in [5.74, 6) is -0.667. The van der Waals surface area contributed by atoms with Crippen LogP contribution in [0.4, 0.5) is 11.5 Å². The third-order valence-corrected chi connectivity index (χ3v) is 3.81. The van der Waals surface area contributed by atoms with E-state index in [0.29, 0.717) is 23.4 Å². The number of hydrogen-bond donors (Lipinski definition) is 2. The Bertz CT molecular complexity index is 974. The number of benzene rings is 1. The minimum atomic E-state index is -0.404. The topological polar surface area (TPSA) is 107 Å². The van der Waals surface area contributed by atoms with Gasteiger partial charge in [-0.05, 0) is 42.8 Å². The van der Waals surface area contributed by atoms with Gasteiger partial charge in [0.2, 0.25) is 0 Å². The van der Waals surface area contributed by atoms with Gasteiger partial charge in [-0.3, -0.25) is 9.78 Å². The van der Waals surface area contributed by atoms with Crippen molar-refractivity contribution in [3.8, 4) is 11.1 Å². The normalized spacial score (nSPS) is 10.3. The molecule has 0 unspecified atom stereocenters. The molecule has 0 aliphatic carbocycles. The Morgan fingerprint density at radius 3 is 2.63 bits per heavy atom. The summed E-state index contributed by atoms with van der Waals surface area (Å²) >= 11 is 0. The van der Waals surface area contributed by atoms with Crippen LogP contribution in [0, 0.1) is 0 Å². The fourth-order valence-electron chi connectivity index (χ4n) is 2.49. The number of aromatic nitrogens is 2. The molecule has 3 N–H and O–H groups in total. The van der Waals surface area contributed by atoms with Crippen LogP contribution in [0.3, 0.4) is 0 Å². The van der Waals surface area contributed by atoms with Gasteiger partial charge in [-0.2, -0.15) is 0 Å². The second-order valence-corrected chi connectivity index (χ2v) is 5.65. The number of carbonyl (C=O) groups excluding carboxylic acids is 2. The summed E-state index contributed by atoms with van der Waals surface area (Å²) in [6.45, 7) is 2.05. The third kappa shape index (κ3) is 4.27. The van der Waals surface area contributed by atoms with Gasteiger partial charge in [0.25, 0.3) is 5.91 Å². The van der Waals surface area contributed by atoms with Crippen LogP contribution >= 0.6 is 0 Å². The van der Waals surface area contributed by atoms with Crippen molar-refractivity contribution in [2.45, 2.75) is 6.92 Å². The zero-order valence-corrected chi connectivity index (χ0v) is 14.7. The second-order valence-electron chi connectivity index (χ2n) is 5.65. The maximum Gasteiger partial charge on any atom is 0.338 e. The quantitative estimate of drug-likeness (QED) is 0.675. The van der Waals surface area contributed by atoms with Crippen LogP contribution < -0.4 is 11.1 Å². The molecule has 2 heterocycles. The van der Waals surface area contributed by atoms with Crippen LogP contribution in [0.2, 0.25) is 0 Å². The van der Waals surface area contributed by atoms with E-state index in [9.17, 15) is 9.59 Å². The predicted molar refractivity (Wildman–Crippen MR) is 102 cm³/mol. The molecule has 2 aromatic heterocycles. The van der Waals surface area contributed by atoms with E-state index in [2.05, 4.69) is 15.3 Å². The minimum absolute atomic E-state index is 0.117. The Balaban J connectivity index is 1.90. The summed E-state index contributed by atoms with van der Waals surface area (Å²) in [6, 6.07) is 11.9. The number of nitrogens with one attached hydrogen (secondary N) is 1. The minimum Gasteiger partial charge on any atom is -0.462 e. The third-order valence-electron chi connectivity index (χ3n) is 3.81. The SMILES string of the molecule is CCOC(=O)c1cccc(-c2cnc(N)c(C(=O)Nc3ccncc3)c2)c1. The van der Waals surface area contributed by atoms with Crippen molar-refractivity contribution in [2.75, 3.05) is 17.7 Å². The number of hydrogen-bond acceptors (Lipinski definition) is 6. The van der Waals surface area contributed by atoms with Crippen LogP contribution in [0.5, 0.6) is 0 Å². The summed E-state index contributed by atoms with van der Waals surface area (Å²) in [5.41, 5.74) is 8.54. The predicted octanol–water partition coefficient (Wildman–Crippen LogP) is 3.15. The summed E-state index contributed by atoms with van der Waals surface area (Å²) < 4.78 is 5.02. The lowest BCUT2D eigenvalue weighted by atomic mass is 10.0. The fraction of sp³-hybridized carbons (Fsp3) is 0.100. The zero-order chi connectivity index (χ0) is 19.2. The number of amides is 1. The van der Waals surface area contributed by atoms with Crippen LogP contribution in [-0.4, -0.2) is 28.5 Å². The van der Waals surface area contributed by atoms with Crippen molar-refractivity contribution in [1.29, 1.82) is 0 Å². The molecule has 0 spiro atoms.